The van der Waals surface area contributed by atoms with E-state index in [0.717, 1.165) is 37.8 Å². The Kier molecular flexibility index (Phi) is 16.2. The molecule has 0 N–H and O–H groups in total. The molecule has 2 saturated heterocycles. The highest BCUT2D eigenvalue weighted by molar-refractivity contribution is 6.60. The van der Waals surface area contributed by atoms with Crippen LogP contribution in [0.15, 0.2) is 16.5 Å². The lowest BCUT2D eigenvalue weighted by Crippen LogP contribution is -2.41. The summed E-state index contributed by atoms with van der Waals surface area (Å²) in [6.45, 7) is 22.4. The number of carbonyl (C=O) groups excluding carboxylic acids is 1. The Morgan fingerprint density at radius 2 is 1.62 bits per heavy atom. The van der Waals surface area contributed by atoms with Crippen LogP contribution in [0.5, 0.6) is 0 Å². The molecule has 2 aliphatic rings. The van der Waals surface area contributed by atoms with Crippen molar-refractivity contribution in [2.45, 2.75) is 106 Å². The number of aliphatic imine (C=N–C) groups is 1. The van der Waals surface area contributed by atoms with E-state index in [1.807, 2.05) is 59.4 Å². The highest BCUT2D eigenvalue weighted by atomic mass is 16.7. The topological polar surface area (TPSA) is 51.1 Å². The van der Waals surface area contributed by atoms with Crippen LogP contribution in [-0.4, -0.2) is 55.5 Å². The third-order valence-corrected chi connectivity index (χ3v) is 4.80. The van der Waals surface area contributed by atoms with Gasteiger partial charge in [0.1, 0.15) is 0 Å². The maximum atomic E-state index is 10.9. The molecule has 29 heavy (non-hydrogen) atoms. The first-order chi connectivity index (χ1) is 13.6. The van der Waals surface area contributed by atoms with E-state index in [4.69, 9.17) is 9.31 Å². The summed E-state index contributed by atoms with van der Waals surface area (Å²) in [6.07, 6.45) is 7.93. The van der Waals surface area contributed by atoms with Crippen molar-refractivity contribution in [3.05, 3.63) is 11.5 Å². The average Bonchev–Trinajstić information content (AvgIpc) is 3.15. The van der Waals surface area contributed by atoms with Crippen molar-refractivity contribution in [3.63, 3.8) is 0 Å². The highest BCUT2D eigenvalue weighted by Crippen LogP contribution is 2.38. The molecule has 0 aromatic rings. The van der Waals surface area contributed by atoms with Crippen LogP contribution >= 0.6 is 0 Å². The highest BCUT2D eigenvalue weighted by Gasteiger charge is 2.51. The summed E-state index contributed by atoms with van der Waals surface area (Å²) in [6, 6.07) is 0. The second kappa shape index (κ2) is 15.7. The molecular formula is C23H47BN2O3. The number of rotatable bonds is 4. The Hall–Kier alpha value is -1.14. The second-order valence-electron chi connectivity index (χ2n) is 7.96. The third kappa shape index (κ3) is 10.5. The van der Waals surface area contributed by atoms with E-state index in [2.05, 4.69) is 25.8 Å². The van der Waals surface area contributed by atoms with Crippen LogP contribution in [0.25, 0.3) is 0 Å². The van der Waals surface area contributed by atoms with Gasteiger partial charge in [0.2, 0.25) is 5.91 Å². The van der Waals surface area contributed by atoms with Crippen molar-refractivity contribution >= 4 is 19.2 Å². The summed E-state index contributed by atoms with van der Waals surface area (Å²) in [4.78, 5) is 16.8. The maximum absolute atomic E-state index is 10.9. The van der Waals surface area contributed by atoms with Gasteiger partial charge in [-0.15, -0.1) is 0 Å². The molecule has 0 saturated carbocycles. The zero-order valence-corrected chi connectivity index (χ0v) is 21.1. The first-order valence-corrected chi connectivity index (χ1v) is 11.3. The van der Waals surface area contributed by atoms with Crippen LogP contribution in [-0.2, 0) is 14.1 Å². The van der Waals surface area contributed by atoms with Crippen LogP contribution in [0.4, 0.5) is 0 Å². The quantitative estimate of drug-likeness (QED) is 0.440. The SMILES string of the molecule is C/C=C(\C=NC)B1OC(C)(C)C(C)(C)O1.CC.CCC.CCCN1CCCC1=O. The number of hydrogen-bond donors (Lipinski definition) is 0. The van der Waals surface area contributed by atoms with Gasteiger partial charge < -0.3 is 14.2 Å². The molecule has 2 fully saturated rings. The zero-order valence-electron chi connectivity index (χ0n) is 21.1. The Morgan fingerprint density at radius 3 is 1.93 bits per heavy atom. The minimum atomic E-state index is -0.302. The lowest BCUT2D eigenvalue weighted by molar-refractivity contribution is -0.127. The van der Waals surface area contributed by atoms with Gasteiger partial charge in [-0.1, -0.05) is 47.1 Å². The van der Waals surface area contributed by atoms with Gasteiger partial charge in [-0.25, -0.2) is 0 Å². The van der Waals surface area contributed by atoms with Crippen LogP contribution in [0.3, 0.4) is 0 Å². The molecule has 0 aromatic carbocycles. The fraction of sp³-hybridized carbons (Fsp3) is 0.826. The van der Waals surface area contributed by atoms with E-state index < -0.39 is 0 Å². The van der Waals surface area contributed by atoms with Crippen molar-refractivity contribution in [3.8, 4) is 0 Å². The van der Waals surface area contributed by atoms with E-state index in [-0.39, 0.29) is 18.3 Å². The van der Waals surface area contributed by atoms with Crippen molar-refractivity contribution < 1.29 is 14.1 Å². The molecule has 0 atom stereocenters. The number of hydrogen-bond acceptors (Lipinski definition) is 4. The second-order valence-corrected chi connectivity index (χ2v) is 7.96. The van der Waals surface area contributed by atoms with Gasteiger partial charge in [-0.2, -0.15) is 0 Å². The van der Waals surface area contributed by atoms with Crippen LogP contribution < -0.4 is 0 Å². The molecular weight excluding hydrogens is 363 g/mol. The van der Waals surface area contributed by atoms with E-state index in [0.29, 0.717) is 5.91 Å². The van der Waals surface area contributed by atoms with Crippen molar-refractivity contribution in [2.75, 3.05) is 20.1 Å². The minimum absolute atomic E-state index is 0.284. The standard InChI is InChI=1S/C11H20BNO2.C7H13NO.C3H8.C2H6/c1-7-9(8-13-6)12-14-10(2,3)11(4,5)15-12;1-2-5-8-6-3-4-7(8)9;1-3-2;1-2/h7-8H,1-6H3;2-6H2,1H3;3H2,1-2H3;1-2H3/b9-7+,13-8?;;;. The number of carbonyl (C=O) groups is 1. The average molecular weight is 410 g/mol. The predicted molar refractivity (Wildman–Crippen MR) is 128 cm³/mol. The van der Waals surface area contributed by atoms with E-state index >= 15 is 0 Å². The largest absolute Gasteiger partial charge is 0.496 e. The summed E-state index contributed by atoms with van der Waals surface area (Å²) in [7, 11) is 1.44. The summed E-state index contributed by atoms with van der Waals surface area (Å²) >= 11 is 0. The Labute approximate surface area is 181 Å². The first kappa shape index (κ1) is 30.1. The zero-order chi connectivity index (χ0) is 23.1. The van der Waals surface area contributed by atoms with E-state index in [9.17, 15) is 4.79 Å². The monoisotopic (exact) mass is 410 g/mol. The summed E-state index contributed by atoms with van der Waals surface area (Å²) in [5.41, 5.74) is 0.400. The molecule has 2 rings (SSSR count). The minimum Gasteiger partial charge on any atom is -0.399 e. The molecule has 2 heterocycles. The molecule has 0 aromatic heterocycles. The molecule has 0 spiro atoms. The summed E-state index contributed by atoms with van der Waals surface area (Å²) in [5.74, 6) is 0.344. The normalized spacial score (nSPS) is 19.8. The summed E-state index contributed by atoms with van der Waals surface area (Å²) in [5, 5.41) is 0. The Bertz CT molecular complexity index is 486. The number of amides is 1. The van der Waals surface area contributed by atoms with E-state index in [1.54, 1.807) is 13.3 Å². The molecule has 2 aliphatic heterocycles. The molecule has 5 nitrogen and oxygen atoms in total. The van der Waals surface area contributed by atoms with Crippen LogP contribution in [0.2, 0.25) is 0 Å². The molecule has 0 bridgehead atoms. The van der Waals surface area contributed by atoms with Crippen LogP contribution in [0, 0.1) is 0 Å². The van der Waals surface area contributed by atoms with Gasteiger partial charge in [0.25, 0.3) is 0 Å². The van der Waals surface area contributed by atoms with Gasteiger partial charge >= 0.3 is 7.12 Å². The maximum Gasteiger partial charge on any atom is 0.496 e. The number of nitrogens with zero attached hydrogens (tertiary/aromatic N) is 2. The number of allylic oxidation sites excluding steroid dienone is 2. The lowest BCUT2D eigenvalue weighted by Gasteiger charge is -2.32. The fourth-order valence-electron chi connectivity index (χ4n) is 2.61. The van der Waals surface area contributed by atoms with Crippen LogP contribution in [0.1, 0.15) is 94.9 Å². The molecule has 1 amide bonds. The van der Waals surface area contributed by atoms with Gasteiger partial charge in [0, 0.05) is 32.8 Å². The Balaban J connectivity index is 0. The summed E-state index contributed by atoms with van der Waals surface area (Å²) < 4.78 is 11.8. The molecule has 0 aliphatic carbocycles. The molecule has 0 radical (unpaired) electrons. The molecule has 6 heteroatoms. The number of likely N-dealkylation sites (tertiary alicyclic amines) is 1. The smallest absolute Gasteiger partial charge is 0.399 e. The fourth-order valence-corrected chi connectivity index (χ4v) is 2.61. The van der Waals surface area contributed by atoms with Crippen molar-refractivity contribution in [1.82, 2.24) is 4.90 Å². The Morgan fingerprint density at radius 1 is 1.14 bits per heavy atom. The third-order valence-electron chi connectivity index (χ3n) is 4.80. The molecule has 0 unspecified atom stereocenters. The van der Waals surface area contributed by atoms with E-state index in [1.165, 1.54) is 6.42 Å². The molecule has 170 valence electrons. The van der Waals surface area contributed by atoms with Gasteiger partial charge in [-0.05, 0) is 52.9 Å². The first-order valence-electron chi connectivity index (χ1n) is 11.3. The predicted octanol–water partition coefficient (Wildman–Crippen LogP) is 5.73. The van der Waals surface area contributed by atoms with Gasteiger partial charge in [-0.3, -0.25) is 9.79 Å². The van der Waals surface area contributed by atoms with Crippen molar-refractivity contribution in [1.29, 1.82) is 0 Å². The lowest BCUT2D eigenvalue weighted by atomic mass is 9.79. The van der Waals surface area contributed by atoms with Gasteiger partial charge in [0.05, 0.1) is 11.2 Å². The van der Waals surface area contributed by atoms with Gasteiger partial charge in [0.15, 0.2) is 0 Å². The van der Waals surface area contributed by atoms with Crippen molar-refractivity contribution in [2.24, 2.45) is 4.99 Å².